The van der Waals surface area contributed by atoms with Gasteiger partial charge in [-0.15, -0.1) is 0 Å². The molecular formula is C17H21BrN2O. The topological polar surface area (TPSA) is 38.5 Å². The van der Waals surface area contributed by atoms with Crippen molar-refractivity contribution < 1.29 is 4.74 Å². The Labute approximate surface area is 134 Å². The predicted octanol–water partition coefficient (Wildman–Crippen LogP) is 3.42. The fourth-order valence-corrected chi connectivity index (χ4v) is 2.55. The van der Waals surface area contributed by atoms with Crippen molar-refractivity contribution in [3.05, 3.63) is 64.1 Å². The summed E-state index contributed by atoms with van der Waals surface area (Å²) in [5, 5.41) is 0. The Morgan fingerprint density at radius 3 is 2.62 bits per heavy atom. The van der Waals surface area contributed by atoms with Gasteiger partial charge in [0.1, 0.15) is 12.4 Å². The van der Waals surface area contributed by atoms with Crippen molar-refractivity contribution in [3.63, 3.8) is 0 Å². The Kier molecular flexibility index (Phi) is 6.23. The van der Waals surface area contributed by atoms with E-state index < -0.39 is 0 Å². The van der Waals surface area contributed by atoms with Gasteiger partial charge in [-0.2, -0.15) is 0 Å². The van der Waals surface area contributed by atoms with E-state index in [4.69, 9.17) is 10.5 Å². The zero-order valence-electron chi connectivity index (χ0n) is 12.3. The molecule has 0 aliphatic heterocycles. The number of nitrogens with zero attached hydrogens (tertiary/aromatic N) is 1. The van der Waals surface area contributed by atoms with Crippen LogP contribution in [-0.2, 0) is 13.1 Å². The normalized spacial score (nSPS) is 10.9. The number of hydrogen-bond acceptors (Lipinski definition) is 3. The van der Waals surface area contributed by atoms with Gasteiger partial charge in [0, 0.05) is 24.1 Å². The second kappa shape index (κ2) is 8.17. The maximum Gasteiger partial charge on any atom is 0.119 e. The van der Waals surface area contributed by atoms with E-state index >= 15 is 0 Å². The molecule has 0 unspecified atom stereocenters. The first kappa shape index (κ1) is 16.0. The first-order chi connectivity index (χ1) is 10.2. The molecule has 3 nitrogen and oxygen atoms in total. The summed E-state index contributed by atoms with van der Waals surface area (Å²) >= 11 is 3.50. The van der Waals surface area contributed by atoms with E-state index in [9.17, 15) is 0 Å². The summed E-state index contributed by atoms with van der Waals surface area (Å²) in [6, 6.07) is 16.3. The summed E-state index contributed by atoms with van der Waals surface area (Å²) in [6.07, 6.45) is 0. The van der Waals surface area contributed by atoms with Gasteiger partial charge in [-0.05, 0) is 42.4 Å². The van der Waals surface area contributed by atoms with Crippen LogP contribution in [0.5, 0.6) is 5.75 Å². The van der Waals surface area contributed by atoms with Crippen LogP contribution in [0, 0.1) is 0 Å². The van der Waals surface area contributed by atoms with E-state index in [2.05, 4.69) is 46.1 Å². The third-order valence-corrected chi connectivity index (χ3v) is 3.71. The van der Waals surface area contributed by atoms with E-state index in [1.807, 2.05) is 30.3 Å². The summed E-state index contributed by atoms with van der Waals surface area (Å²) in [5.74, 6) is 0.883. The van der Waals surface area contributed by atoms with Gasteiger partial charge < -0.3 is 10.5 Å². The first-order valence-electron chi connectivity index (χ1n) is 7.02. The van der Waals surface area contributed by atoms with Crippen molar-refractivity contribution in [1.82, 2.24) is 4.90 Å². The summed E-state index contributed by atoms with van der Waals surface area (Å²) < 4.78 is 6.89. The quantitative estimate of drug-likeness (QED) is 0.833. The van der Waals surface area contributed by atoms with Crippen molar-refractivity contribution in [2.24, 2.45) is 5.73 Å². The molecule has 21 heavy (non-hydrogen) atoms. The molecule has 4 heteroatoms. The second-order valence-corrected chi connectivity index (χ2v) is 5.98. The van der Waals surface area contributed by atoms with Crippen LogP contribution in [0.3, 0.4) is 0 Å². The standard InChI is InChI=1S/C17H21BrN2O/c1-20(13-15-5-2-6-16(18)10-15)8-9-21-17-7-3-4-14(11-17)12-19/h2-7,10-11H,8-9,12-13,19H2,1H3. The third-order valence-electron chi connectivity index (χ3n) is 3.22. The van der Waals surface area contributed by atoms with Crippen molar-refractivity contribution in [3.8, 4) is 5.75 Å². The highest BCUT2D eigenvalue weighted by atomic mass is 79.9. The van der Waals surface area contributed by atoms with Gasteiger partial charge in [0.05, 0.1) is 0 Å². The van der Waals surface area contributed by atoms with Gasteiger partial charge in [0.15, 0.2) is 0 Å². The minimum absolute atomic E-state index is 0.542. The lowest BCUT2D eigenvalue weighted by molar-refractivity contribution is 0.232. The Hall–Kier alpha value is -1.36. The number of ether oxygens (including phenoxy) is 1. The highest BCUT2D eigenvalue weighted by molar-refractivity contribution is 9.10. The van der Waals surface area contributed by atoms with Gasteiger partial charge in [-0.3, -0.25) is 4.90 Å². The lowest BCUT2D eigenvalue weighted by atomic mass is 10.2. The summed E-state index contributed by atoms with van der Waals surface area (Å²) in [6.45, 7) is 2.99. The molecule has 0 saturated heterocycles. The fourth-order valence-electron chi connectivity index (χ4n) is 2.11. The van der Waals surface area contributed by atoms with Crippen LogP contribution in [0.25, 0.3) is 0 Å². The largest absolute Gasteiger partial charge is 0.492 e. The lowest BCUT2D eigenvalue weighted by Crippen LogP contribution is -2.23. The van der Waals surface area contributed by atoms with Crippen LogP contribution in [0.15, 0.2) is 53.0 Å². The van der Waals surface area contributed by atoms with Crippen molar-refractivity contribution in [2.45, 2.75) is 13.1 Å². The molecule has 0 atom stereocenters. The number of hydrogen-bond donors (Lipinski definition) is 1. The van der Waals surface area contributed by atoms with Crippen LogP contribution < -0.4 is 10.5 Å². The van der Waals surface area contributed by atoms with Gasteiger partial charge in [-0.25, -0.2) is 0 Å². The van der Waals surface area contributed by atoms with Gasteiger partial charge >= 0.3 is 0 Å². The smallest absolute Gasteiger partial charge is 0.119 e. The summed E-state index contributed by atoms with van der Waals surface area (Å²) in [7, 11) is 2.10. The van der Waals surface area contributed by atoms with Crippen molar-refractivity contribution >= 4 is 15.9 Å². The fraction of sp³-hybridized carbons (Fsp3) is 0.294. The maximum atomic E-state index is 5.77. The zero-order valence-corrected chi connectivity index (χ0v) is 13.8. The molecule has 2 aromatic rings. The Bertz CT molecular complexity index is 574. The minimum Gasteiger partial charge on any atom is -0.492 e. The molecule has 0 saturated carbocycles. The highest BCUT2D eigenvalue weighted by Crippen LogP contribution is 2.14. The SMILES string of the molecule is CN(CCOc1cccc(CN)c1)Cc1cccc(Br)c1. The molecule has 0 aliphatic rings. The molecule has 2 N–H and O–H groups in total. The van der Waals surface area contributed by atoms with Gasteiger partial charge in [0.2, 0.25) is 0 Å². The van der Waals surface area contributed by atoms with Crippen LogP contribution >= 0.6 is 15.9 Å². The minimum atomic E-state index is 0.542. The van der Waals surface area contributed by atoms with E-state index in [-0.39, 0.29) is 0 Å². The molecule has 0 bridgehead atoms. The average molecular weight is 349 g/mol. The molecule has 2 rings (SSSR count). The Morgan fingerprint density at radius 1 is 1.10 bits per heavy atom. The molecule has 0 amide bonds. The summed E-state index contributed by atoms with van der Waals surface area (Å²) in [5.41, 5.74) is 8.01. The Balaban J connectivity index is 1.77. The molecule has 0 spiro atoms. The molecule has 0 aliphatic carbocycles. The maximum absolute atomic E-state index is 5.77. The molecule has 0 radical (unpaired) electrons. The van der Waals surface area contributed by atoms with E-state index in [1.165, 1.54) is 5.56 Å². The van der Waals surface area contributed by atoms with Gasteiger partial charge in [0.25, 0.3) is 0 Å². The molecule has 0 fully saturated rings. The lowest BCUT2D eigenvalue weighted by Gasteiger charge is -2.17. The van der Waals surface area contributed by atoms with Crippen LogP contribution in [-0.4, -0.2) is 25.1 Å². The van der Waals surface area contributed by atoms with Gasteiger partial charge in [-0.1, -0.05) is 40.2 Å². The van der Waals surface area contributed by atoms with Crippen LogP contribution in [0.1, 0.15) is 11.1 Å². The average Bonchev–Trinajstić information content (AvgIpc) is 2.47. The van der Waals surface area contributed by atoms with Crippen molar-refractivity contribution in [2.75, 3.05) is 20.2 Å². The monoisotopic (exact) mass is 348 g/mol. The number of halogens is 1. The molecule has 112 valence electrons. The van der Waals surface area contributed by atoms with E-state index in [0.29, 0.717) is 13.2 Å². The first-order valence-corrected chi connectivity index (χ1v) is 7.81. The Morgan fingerprint density at radius 2 is 1.86 bits per heavy atom. The summed E-state index contributed by atoms with van der Waals surface area (Å²) in [4.78, 5) is 2.24. The van der Waals surface area contributed by atoms with E-state index in [0.717, 1.165) is 28.9 Å². The van der Waals surface area contributed by atoms with E-state index in [1.54, 1.807) is 0 Å². The van der Waals surface area contributed by atoms with Crippen LogP contribution in [0.2, 0.25) is 0 Å². The molecule has 2 aromatic carbocycles. The number of rotatable bonds is 7. The molecule has 0 aromatic heterocycles. The predicted molar refractivity (Wildman–Crippen MR) is 90.3 cm³/mol. The third kappa shape index (κ3) is 5.50. The van der Waals surface area contributed by atoms with Crippen molar-refractivity contribution in [1.29, 1.82) is 0 Å². The number of nitrogens with two attached hydrogens (primary N) is 1. The molecule has 0 heterocycles. The highest BCUT2D eigenvalue weighted by Gasteiger charge is 2.02. The second-order valence-electron chi connectivity index (χ2n) is 5.07. The number of likely N-dealkylation sites (N-methyl/N-ethyl adjacent to an activating group) is 1. The molecular weight excluding hydrogens is 328 g/mol. The zero-order chi connectivity index (χ0) is 15.1. The van der Waals surface area contributed by atoms with Crippen LogP contribution in [0.4, 0.5) is 0 Å². The number of benzene rings is 2.